The fourth-order valence-corrected chi connectivity index (χ4v) is 5.60. The number of amides is 2. The van der Waals surface area contributed by atoms with Crippen molar-refractivity contribution < 1.29 is 18.0 Å². The highest BCUT2D eigenvalue weighted by Crippen LogP contribution is 2.28. The first-order chi connectivity index (χ1) is 15.3. The summed E-state index contributed by atoms with van der Waals surface area (Å²) in [4.78, 5) is 31.0. The Bertz CT molecular complexity index is 1060. The second-order valence-electron chi connectivity index (χ2n) is 8.52. The SMILES string of the molecule is CC1CCN(S(=O)(=O)c2ccc(N3C[C@H](C(=O)NCc4ccccn4)CC3=O)cc2)CC1. The van der Waals surface area contributed by atoms with Gasteiger partial charge in [-0.05, 0) is 55.2 Å². The van der Waals surface area contributed by atoms with E-state index in [2.05, 4.69) is 17.2 Å². The van der Waals surface area contributed by atoms with Crippen molar-refractivity contribution in [2.45, 2.75) is 37.6 Å². The second-order valence-corrected chi connectivity index (χ2v) is 10.5. The molecule has 2 amide bonds. The molecule has 2 saturated heterocycles. The van der Waals surface area contributed by atoms with Crippen LogP contribution in [-0.2, 0) is 26.2 Å². The van der Waals surface area contributed by atoms with Gasteiger partial charge in [-0.1, -0.05) is 13.0 Å². The van der Waals surface area contributed by atoms with Crippen molar-refractivity contribution in [2.24, 2.45) is 11.8 Å². The summed E-state index contributed by atoms with van der Waals surface area (Å²) in [5.41, 5.74) is 1.35. The molecule has 0 spiro atoms. The Morgan fingerprint density at radius 3 is 2.50 bits per heavy atom. The van der Waals surface area contributed by atoms with Crippen LogP contribution in [0.4, 0.5) is 5.69 Å². The summed E-state index contributed by atoms with van der Waals surface area (Å²) in [5.74, 6) is -0.252. The van der Waals surface area contributed by atoms with E-state index in [4.69, 9.17) is 0 Å². The molecule has 1 N–H and O–H groups in total. The van der Waals surface area contributed by atoms with E-state index >= 15 is 0 Å². The van der Waals surface area contributed by atoms with Gasteiger partial charge in [0.1, 0.15) is 0 Å². The quantitative estimate of drug-likeness (QED) is 0.718. The summed E-state index contributed by atoms with van der Waals surface area (Å²) in [6.07, 6.45) is 3.52. The third-order valence-corrected chi connectivity index (χ3v) is 8.11. The monoisotopic (exact) mass is 456 g/mol. The molecule has 2 aromatic rings. The molecule has 0 aliphatic carbocycles. The van der Waals surface area contributed by atoms with Crippen LogP contribution in [0.15, 0.2) is 53.6 Å². The van der Waals surface area contributed by atoms with Crippen LogP contribution < -0.4 is 10.2 Å². The fourth-order valence-electron chi connectivity index (χ4n) is 4.13. The van der Waals surface area contributed by atoms with Crippen LogP contribution in [0.5, 0.6) is 0 Å². The van der Waals surface area contributed by atoms with Crippen LogP contribution in [-0.4, -0.2) is 49.2 Å². The maximum Gasteiger partial charge on any atom is 0.243 e. The number of rotatable bonds is 6. The number of carbonyl (C=O) groups excluding carboxylic acids is 2. The van der Waals surface area contributed by atoms with Crippen molar-refractivity contribution in [3.05, 3.63) is 54.4 Å². The number of nitrogens with zero attached hydrogens (tertiary/aromatic N) is 3. The van der Waals surface area contributed by atoms with Gasteiger partial charge in [0.15, 0.2) is 0 Å². The first-order valence-corrected chi connectivity index (χ1v) is 12.4. The predicted molar refractivity (Wildman–Crippen MR) is 120 cm³/mol. The van der Waals surface area contributed by atoms with Gasteiger partial charge in [-0.25, -0.2) is 8.42 Å². The van der Waals surface area contributed by atoms with Gasteiger partial charge < -0.3 is 10.2 Å². The molecule has 2 fully saturated rings. The summed E-state index contributed by atoms with van der Waals surface area (Å²) < 4.78 is 27.3. The molecule has 3 heterocycles. The minimum Gasteiger partial charge on any atom is -0.350 e. The maximum atomic E-state index is 12.9. The van der Waals surface area contributed by atoms with Crippen molar-refractivity contribution in [1.82, 2.24) is 14.6 Å². The number of hydrogen-bond donors (Lipinski definition) is 1. The molecule has 32 heavy (non-hydrogen) atoms. The van der Waals surface area contributed by atoms with Crippen molar-refractivity contribution in [3.63, 3.8) is 0 Å². The number of nitrogens with one attached hydrogen (secondary N) is 1. The van der Waals surface area contributed by atoms with Crippen LogP contribution in [0.1, 0.15) is 31.9 Å². The Balaban J connectivity index is 1.38. The van der Waals surface area contributed by atoms with E-state index in [1.165, 1.54) is 4.31 Å². The lowest BCUT2D eigenvalue weighted by Crippen LogP contribution is -2.37. The highest BCUT2D eigenvalue weighted by atomic mass is 32.2. The molecule has 0 unspecified atom stereocenters. The van der Waals surface area contributed by atoms with Crippen molar-refractivity contribution in [1.29, 1.82) is 0 Å². The summed E-state index contributed by atoms with van der Waals surface area (Å²) in [6.45, 7) is 3.78. The van der Waals surface area contributed by atoms with E-state index < -0.39 is 15.9 Å². The van der Waals surface area contributed by atoms with Gasteiger partial charge in [-0.15, -0.1) is 0 Å². The number of carbonyl (C=O) groups is 2. The van der Waals surface area contributed by atoms with E-state index in [0.717, 1.165) is 18.5 Å². The third kappa shape index (κ3) is 4.83. The van der Waals surface area contributed by atoms with E-state index in [-0.39, 0.29) is 29.7 Å². The minimum absolute atomic E-state index is 0.125. The molecule has 8 nitrogen and oxygen atoms in total. The largest absolute Gasteiger partial charge is 0.350 e. The average molecular weight is 457 g/mol. The standard InChI is InChI=1S/C23H28N4O4S/c1-17-9-12-26(13-10-17)32(30,31)21-7-5-20(6-8-21)27-16-18(14-22(27)28)23(29)25-15-19-4-2-3-11-24-19/h2-8,11,17-18H,9-10,12-16H2,1H3,(H,25,29)/t18-/m1/s1. The number of benzene rings is 1. The van der Waals surface area contributed by atoms with Crippen LogP contribution in [0.2, 0.25) is 0 Å². The fraction of sp³-hybridized carbons (Fsp3) is 0.435. The van der Waals surface area contributed by atoms with Crippen molar-refractivity contribution in [3.8, 4) is 0 Å². The van der Waals surface area contributed by atoms with E-state index in [1.54, 1.807) is 35.4 Å². The molecule has 0 bridgehead atoms. The molecule has 1 atom stereocenters. The van der Waals surface area contributed by atoms with Crippen LogP contribution in [0, 0.1) is 11.8 Å². The highest BCUT2D eigenvalue weighted by Gasteiger charge is 2.35. The van der Waals surface area contributed by atoms with E-state index in [9.17, 15) is 18.0 Å². The predicted octanol–water partition coefficient (Wildman–Crippen LogP) is 2.17. The smallest absolute Gasteiger partial charge is 0.243 e. The van der Waals surface area contributed by atoms with Gasteiger partial charge in [0.25, 0.3) is 0 Å². The molecule has 1 aromatic carbocycles. The number of piperidine rings is 1. The van der Waals surface area contributed by atoms with Gasteiger partial charge >= 0.3 is 0 Å². The molecule has 2 aliphatic rings. The third-order valence-electron chi connectivity index (χ3n) is 6.19. The zero-order chi connectivity index (χ0) is 22.7. The zero-order valence-electron chi connectivity index (χ0n) is 18.1. The maximum absolute atomic E-state index is 12.9. The van der Waals surface area contributed by atoms with Gasteiger partial charge in [-0.3, -0.25) is 14.6 Å². The van der Waals surface area contributed by atoms with Crippen LogP contribution in [0.3, 0.4) is 0 Å². The lowest BCUT2D eigenvalue weighted by molar-refractivity contribution is -0.126. The molecule has 0 saturated carbocycles. The van der Waals surface area contributed by atoms with E-state index in [0.29, 0.717) is 31.2 Å². The number of anilines is 1. The van der Waals surface area contributed by atoms with E-state index in [1.807, 2.05) is 18.2 Å². The first kappa shape index (κ1) is 22.4. The van der Waals surface area contributed by atoms with Gasteiger partial charge in [0.05, 0.1) is 23.1 Å². The molecule has 4 rings (SSSR count). The Labute approximate surface area is 188 Å². The van der Waals surface area contributed by atoms with Crippen molar-refractivity contribution in [2.75, 3.05) is 24.5 Å². The first-order valence-electron chi connectivity index (χ1n) is 10.9. The highest BCUT2D eigenvalue weighted by molar-refractivity contribution is 7.89. The van der Waals surface area contributed by atoms with Gasteiger partial charge in [-0.2, -0.15) is 4.31 Å². The topological polar surface area (TPSA) is 99.7 Å². The molecule has 1 aromatic heterocycles. The van der Waals surface area contributed by atoms with Crippen LogP contribution >= 0.6 is 0 Å². The normalized spacial score (nSPS) is 20.5. The Kier molecular flexibility index (Phi) is 6.57. The number of hydrogen-bond acceptors (Lipinski definition) is 5. The second kappa shape index (κ2) is 9.38. The Morgan fingerprint density at radius 2 is 1.84 bits per heavy atom. The molecule has 0 radical (unpaired) electrons. The zero-order valence-corrected chi connectivity index (χ0v) is 18.9. The minimum atomic E-state index is -3.54. The number of aromatic nitrogens is 1. The lowest BCUT2D eigenvalue weighted by atomic mass is 10.0. The average Bonchev–Trinajstić information content (AvgIpc) is 3.20. The number of pyridine rings is 1. The molecule has 2 aliphatic heterocycles. The van der Waals surface area contributed by atoms with Gasteiger partial charge in [0.2, 0.25) is 21.8 Å². The summed E-state index contributed by atoms with van der Waals surface area (Å²) in [5, 5.41) is 2.84. The summed E-state index contributed by atoms with van der Waals surface area (Å²) in [6, 6.07) is 11.9. The van der Waals surface area contributed by atoms with Crippen molar-refractivity contribution >= 4 is 27.5 Å². The lowest BCUT2D eigenvalue weighted by Gasteiger charge is -2.29. The summed E-state index contributed by atoms with van der Waals surface area (Å²) in [7, 11) is -3.54. The van der Waals surface area contributed by atoms with Crippen LogP contribution in [0.25, 0.3) is 0 Å². The Morgan fingerprint density at radius 1 is 1.12 bits per heavy atom. The van der Waals surface area contributed by atoms with Gasteiger partial charge in [0, 0.05) is 37.9 Å². The summed E-state index contributed by atoms with van der Waals surface area (Å²) >= 11 is 0. The molecule has 170 valence electrons. The number of sulfonamides is 1. The Hall–Kier alpha value is -2.78. The molecular formula is C23H28N4O4S. The molecule has 9 heteroatoms. The molecular weight excluding hydrogens is 428 g/mol.